The predicted octanol–water partition coefficient (Wildman–Crippen LogP) is 4.34. The summed E-state index contributed by atoms with van der Waals surface area (Å²) in [7, 11) is 0. The maximum absolute atomic E-state index is 14.2. The number of halogens is 3. The maximum Gasteiger partial charge on any atom is 0.418 e. The number of anilines is 1. The smallest absolute Gasteiger partial charge is 0.386 e. The fourth-order valence-corrected chi connectivity index (χ4v) is 7.90. The molecule has 3 aliphatic carbocycles. The van der Waals surface area contributed by atoms with Gasteiger partial charge in [-0.15, -0.1) is 0 Å². The van der Waals surface area contributed by atoms with E-state index in [0.29, 0.717) is 38.3 Å². The zero-order chi connectivity index (χ0) is 30.4. The molecule has 43 heavy (non-hydrogen) atoms. The number of cyclic esters (lactones) is 4. The fraction of sp³-hybridized carbons (Fsp3) is 0.226. The van der Waals surface area contributed by atoms with E-state index < -0.39 is 76.8 Å². The minimum Gasteiger partial charge on any atom is -0.386 e. The average Bonchev–Trinajstić information content (AvgIpc) is 3.51. The van der Waals surface area contributed by atoms with E-state index in [1.165, 1.54) is 18.2 Å². The van der Waals surface area contributed by atoms with Crippen LogP contribution in [-0.4, -0.2) is 35.7 Å². The molecule has 0 N–H and O–H groups in total. The predicted molar refractivity (Wildman–Crippen MR) is 136 cm³/mol. The molecule has 3 aliphatic heterocycles. The van der Waals surface area contributed by atoms with Crippen molar-refractivity contribution in [2.24, 2.45) is 11.8 Å². The van der Waals surface area contributed by atoms with Crippen LogP contribution in [0.1, 0.15) is 92.2 Å². The Labute approximate surface area is 239 Å². The summed E-state index contributed by atoms with van der Waals surface area (Å²) < 4.78 is 51.8. The number of ether oxygens (including phenoxy) is 2. The Morgan fingerprint density at radius 2 is 1.12 bits per heavy atom. The molecule has 9 rings (SSSR count). The Hall–Kier alpha value is -5.13. The second-order valence-corrected chi connectivity index (χ2v) is 11.2. The third kappa shape index (κ3) is 2.92. The van der Waals surface area contributed by atoms with Gasteiger partial charge < -0.3 is 9.47 Å². The zero-order valence-corrected chi connectivity index (χ0v) is 22.1. The largest absolute Gasteiger partial charge is 0.418 e. The lowest BCUT2D eigenvalue weighted by molar-refractivity contribution is -0.137. The second-order valence-electron chi connectivity index (χ2n) is 11.2. The average molecular weight is 587 g/mol. The molecule has 1 fully saturated rings. The topological polar surface area (TPSA) is 124 Å². The first-order valence-corrected chi connectivity index (χ1v) is 13.2. The molecule has 0 radical (unpaired) electrons. The van der Waals surface area contributed by atoms with Crippen molar-refractivity contribution in [1.82, 2.24) is 0 Å². The molecule has 0 aromatic heterocycles. The van der Waals surface area contributed by atoms with Crippen LogP contribution in [0.3, 0.4) is 0 Å². The normalized spacial score (nSPS) is 24.5. The summed E-state index contributed by atoms with van der Waals surface area (Å²) in [5.41, 5.74) is 0.573. The molecule has 2 bridgehead atoms. The molecule has 12 heteroatoms. The summed E-state index contributed by atoms with van der Waals surface area (Å²) in [5.74, 6) is -9.68. The first-order valence-electron chi connectivity index (χ1n) is 13.2. The number of esters is 4. The zero-order valence-electron chi connectivity index (χ0n) is 22.1. The molecule has 1 saturated heterocycles. The van der Waals surface area contributed by atoms with Gasteiger partial charge in [0.2, 0.25) is 11.8 Å². The van der Waals surface area contributed by atoms with Gasteiger partial charge in [-0.1, -0.05) is 12.1 Å². The van der Waals surface area contributed by atoms with Crippen molar-refractivity contribution in [2.45, 2.75) is 31.9 Å². The van der Waals surface area contributed by atoms with E-state index in [4.69, 9.17) is 9.47 Å². The Morgan fingerprint density at radius 3 is 1.56 bits per heavy atom. The minimum atomic E-state index is -4.87. The molecule has 3 heterocycles. The van der Waals surface area contributed by atoms with Crippen LogP contribution in [0.25, 0.3) is 0 Å². The van der Waals surface area contributed by atoms with Crippen molar-refractivity contribution in [3.63, 3.8) is 0 Å². The number of benzene rings is 3. The Morgan fingerprint density at radius 1 is 0.674 bits per heavy atom. The molecule has 0 saturated carbocycles. The standard InChI is InChI=1S/C31H16F3NO8/c1-9-17-11(7-13-19(9)29(40)42-27(13)38)22-18-10(2)20-14(28(39)43-30(20)41)8-12(18)21(17)23-24(22)26(37)35(25(23)36)16-6-4-3-5-15(16)31(32,33)34/h3-8,21-24H,1-2H3. The van der Waals surface area contributed by atoms with E-state index in [1.807, 2.05) is 0 Å². The lowest BCUT2D eigenvalue weighted by Gasteiger charge is -2.47. The highest BCUT2D eigenvalue weighted by Gasteiger charge is 2.64. The van der Waals surface area contributed by atoms with Crippen LogP contribution >= 0.6 is 0 Å². The number of hydrogen-bond acceptors (Lipinski definition) is 8. The molecule has 6 aliphatic rings. The lowest BCUT2D eigenvalue weighted by Crippen LogP contribution is -2.43. The van der Waals surface area contributed by atoms with Gasteiger partial charge in [-0.3, -0.25) is 9.59 Å². The van der Waals surface area contributed by atoms with Crippen LogP contribution < -0.4 is 4.90 Å². The first kappa shape index (κ1) is 25.6. The molecule has 4 atom stereocenters. The molecule has 0 spiro atoms. The molecule has 214 valence electrons. The minimum absolute atomic E-state index is 0.00193. The number of hydrogen-bond donors (Lipinski definition) is 0. The second kappa shape index (κ2) is 7.82. The highest BCUT2D eigenvalue weighted by Crippen LogP contribution is 2.64. The summed E-state index contributed by atoms with van der Waals surface area (Å²) in [4.78, 5) is 79.4. The van der Waals surface area contributed by atoms with Crippen LogP contribution in [0.2, 0.25) is 0 Å². The summed E-state index contributed by atoms with van der Waals surface area (Å²) in [6.07, 6.45) is -4.87. The van der Waals surface area contributed by atoms with E-state index in [0.717, 1.165) is 18.2 Å². The van der Waals surface area contributed by atoms with Crippen LogP contribution in [0.4, 0.5) is 18.9 Å². The molecule has 2 amide bonds. The Balaban J connectivity index is 1.43. The van der Waals surface area contributed by atoms with Crippen LogP contribution in [0, 0.1) is 25.7 Å². The van der Waals surface area contributed by atoms with Gasteiger partial charge in [0, 0.05) is 11.8 Å². The van der Waals surface area contributed by atoms with Crippen molar-refractivity contribution in [3.8, 4) is 0 Å². The highest BCUT2D eigenvalue weighted by atomic mass is 19.4. The number of carbonyl (C=O) groups excluding carboxylic acids is 6. The fourth-order valence-electron chi connectivity index (χ4n) is 7.90. The lowest BCUT2D eigenvalue weighted by atomic mass is 9.53. The van der Waals surface area contributed by atoms with Crippen LogP contribution in [-0.2, 0) is 25.2 Å². The number of amides is 2. The number of carbonyl (C=O) groups is 6. The van der Waals surface area contributed by atoms with Gasteiger partial charge in [0.05, 0.1) is 45.3 Å². The van der Waals surface area contributed by atoms with Crippen molar-refractivity contribution in [1.29, 1.82) is 0 Å². The van der Waals surface area contributed by atoms with Crippen LogP contribution in [0.5, 0.6) is 0 Å². The number of para-hydroxylation sites is 1. The summed E-state index contributed by atoms with van der Waals surface area (Å²) >= 11 is 0. The van der Waals surface area contributed by atoms with Gasteiger partial charge in [0.25, 0.3) is 0 Å². The summed E-state index contributed by atoms with van der Waals surface area (Å²) in [6, 6.07) is 7.16. The van der Waals surface area contributed by atoms with Crippen molar-refractivity contribution < 1.29 is 51.4 Å². The molecular formula is C31H16F3NO8. The van der Waals surface area contributed by atoms with E-state index in [-0.39, 0.29) is 22.3 Å². The molecule has 3 aromatic rings. The quantitative estimate of drug-likeness (QED) is 0.234. The van der Waals surface area contributed by atoms with E-state index >= 15 is 0 Å². The third-order valence-corrected chi connectivity index (χ3v) is 9.40. The van der Waals surface area contributed by atoms with E-state index in [9.17, 15) is 41.9 Å². The maximum atomic E-state index is 14.2. The number of alkyl halides is 3. The summed E-state index contributed by atoms with van der Waals surface area (Å²) in [6.45, 7) is 3.14. The van der Waals surface area contributed by atoms with Gasteiger partial charge >= 0.3 is 30.1 Å². The third-order valence-electron chi connectivity index (χ3n) is 9.40. The van der Waals surface area contributed by atoms with Gasteiger partial charge in [0.1, 0.15) is 0 Å². The Kier molecular flexibility index (Phi) is 4.65. The van der Waals surface area contributed by atoms with E-state index in [1.54, 1.807) is 13.8 Å². The van der Waals surface area contributed by atoms with Gasteiger partial charge in [-0.25, -0.2) is 24.1 Å². The number of fused-ring (bicyclic) bond motifs is 2. The highest BCUT2D eigenvalue weighted by molar-refractivity contribution is 6.24. The van der Waals surface area contributed by atoms with Crippen molar-refractivity contribution in [2.75, 3.05) is 4.90 Å². The summed E-state index contributed by atoms with van der Waals surface area (Å²) in [5, 5.41) is 0. The van der Waals surface area contributed by atoms with Crippen LogP contribution in [0.15, 0.2) is 36.4 Å². The molecule has 3 aromatic carbocycles. The number of nitrogens with zero attached hydrogens (tertiary/aromatic N) is 1. The number of rotatable bonds is 1. The molecule has 4 unspecified atom stereocenters. The molecular weight excluding hydrogens is 571 g/mol. The van der Waals surface area contributed by atoms with Crippen molar-refractivity contribution >= 4 is 41.4 Å². The van der Waals surface area contributed by atoms with Gasteiger partial charge in [-0.2, -0.15) is 13.2 Å². The van der Waals surface area contributed by atoms with Crippen molar-refractivity contribution in [3.05, 3.63) is 97.6 Å². The molecule has 9 nitrogen and oxygen atoms in total. The monoisotopic (exact) mass is 587 g/mol. The Bertz CT molecular complexity index is 1880. The first-order chi connectivity index (χ1) is 20.3. The van der Waals surface area contributed by atoms with Gasteiger partial charge in [0.15, 0.2) is 0 Å². The number of imide groups is 1. The SMILES string of the molecule is Cc1c2c(cc3c1C1c4cc5c(c(C)c4C3C3C(=O)N(c4ccccc4C(F)(F)F)C(=O)C13)C(=O)OC5=O)C(=O)OC2=O. The van der Waals surface area contributed by atoms with Gasteiger partial charge in [-0.05, 0) is 71.5 Å². The van der Waals surface area contributed by atoms with E-state index in [2.05, 4.69) is 0 Å².